The summed E-state index contributed by atoms with van der Waals surface area (Å²) in [4.78, 5) is 24.8. The predicted molar refractivity (Wildman–Crippen MR) is 89.7 cm³/mol. The van der Waals surface area contributed by atoms with E-state index in [0.29, 0.717) is 5.92 Å². The average molecular weight is 316 g/mol. The maximum atomic E-state index is 13.1. The van der Waals surface area contributed by atoms with E-state index in [-0.39, 0.29) is 29.2 Å². The number of ether oxygens (including phenoxy) is 1. The van der Waals surface area contributed by atoms with E-state index in [4.69, 9.17) is 4.74 Å². The Hall–Kier alpha value is -1.38. The molecule has 23 heavy (non-hydrogen) atoms. The summed E-state index contributed by atoms with van der Waals surface area (Å²) < 4.78 is 5.71. The van der Waals surface area contributed by atoms with Gasteiger partial charge in [-0.05, 0) is 69.3 Å². The standard InChI is InChI=1S/C20H28O3/c1-12-7-6-10-19(4)15(12)11-17(23-14(3)21)20(5)16(19)9-8-13(2)18(20)22/h7-8,15-17H,6,9-11H2,1-5H3/t15-,16+,17-,19-,20-/m0/s1. The first-order valence-electron chi connectivity index (χ1n) is 8.76. The minimum atomic E-state index is -0.590. The lowest BCUT2D eigenvalue weighted by atomic mass is 9.44. The van der Waals surface area contributed by atoms with Crippen LogP contribution >= 0.6 is 0 Å². The number of fused-ring (bicyclic) bond motifs is 3. The molecule has 3 heteroatoms. The normalized spacial score (nSPS) is 43.0. The second-order valence-electron chi connectivity index (χ2n) is 8.17. The fourth-order valence-electron chi connectivity index (χ4n) is 5.69. The molecule has 0 unspecified atom stereocenters. The number of hydrogen-bond acceptors (Lipinski definition) is 3. The number of esters is 1. The molecule has 1 saturated carbocycles. The maximum absolute atomic E-state index is 13.1. The molecule has 0 bridgehead atoms. The van der Waals surface area contributed by atoms with E-state index in [1.807, 2.05) is 13.8 Å². The lowest BCUT2D eigenvalue weighted by Gasteiger charge is -2.60. The van der Waals surface area contributed by atoms with Gasteiger partial charge in [-0.25, -0.2) is 0 Å². The van der Waals surface area contributed by atoms with Crippen molar-refractivity contribution in [3.05, 3.63) is 23.3 Å². The molecule has 0 N–H and O–H groups in total. The molecule has 126 valence electrons. The summed E-state index contributed by atoms with van der Waals surface area (Å²) >= 11 is 0. The van der Waals surface area contributed by atoms with Gasteiger partial charge in [0.2, 0.25) is 0 Å². The van der Waals surface area contributed by atoms with Gasteiger partial charge in [-0.15, -0.1) is 0 Å². The quantitative estimate of drug-likeness (QED) is 0.537. The zero-order valence-electron chi connectivity index (χ0n) is 14.9. The number of allylic oxidation sites excluding steroid dienone is 4. The Labute approximate surface area is 139 Å². The third-order valence-corrected chi connectivity index (χ3v) is 6.95. The highest BCUT2D eigenvalue weighted by molar-refractivity contribution is 6.01. The summed E-state index contributed by atoms with van der Waals surface area (Å²) in [5, 5.41) is 0. The molecule has 0 aromatic rings. The van der Waals surface area contributed by atoms with Gasteiger partial charge in [-0.1, -0.05) is 24.6 Å². The van der Waals surface area contributed by atoms with Crippen LogP contribution in [-0.4, -0.2) is 17.9 Å². The second-order valence-corrected chi connectivity index (χ2v) is 8.17. The molecule has 0 radical (unpaired) electrons. The van der Waals surface area contributed by atoms with Crippen molar-refractivity contribution in [3.8, 4) is 0 Å². The zero-order chi connectivity index (χ0) is 17.0. The number of carbonyl (C=O) groups is 2. The van der Waals surface area contributed by atoms with E-state index < -0.39 is 5.41 Å². The van der Waals surface area contributed by atoms with Crippen LogP contribution in [-0.2, 0) is 14.3 Å². The van der Waals surface area contributed by atoms with Crippen molar-refractivity contribution < 1.29 is 14.3 Å². The molecule has 1 fully saturated rings. The van der Waals surface area contributed by atoms with E-state index >= 15 is 0 Å². The topological polar surface area (TPSA) is 43.4 Å². The van der Waals surface area contributed by atoms with Gasteiger partial charge in [0.05, 0.1) is 5.41 Å². The highest BCUT2D eigenvalue weighted by Gasteiger charge is 2.63. The number of carbonyl (C=O) groups excluding carboxylic acids is 2. The van der Waals surface area contributed by atoms with Crippen molar-refractivity contribution in [3.63, 3.8) is 0 Å². The van der Waals surface area contributed by atoms with Crippen molar-refractivity contribution in [2.45, 2.75) is 66.4 Å². The minimum Gasteiger partial charge on any atom is -0.461 e. The van der Waals surface area contributed by atoms with Crippen LogP contribution in [0, 0.1) is 22.7 Å². The largest absolute Gasteiger partial charge is 0.461 e. The number of ketones is 1. The Bertz CT molecular complexity index is 614. The molecule has 0 spiro atoms. The second kappa shape index (κ2) is 5.32. The molecule has 3 aliphatic carbocycles. The van der Waals surface area contributed by atoms with Gasteiger partial charge < -0.3 is 4.74 Å². The molecule has 0 aliphatic heterocycles. The maximum Gasteiger partial charge on any atom is 0.302 e. The Kier molecular flexibility index (Phi) is 3.81. The lowest BCUT2D eigenvalue weighted by Crippen LogP contribution is -2.61. The highest BCUT2D eigenvalue weighted by Crippen LogP contribution is 2.63. The predicted octanol–water partition coefficient (Wildman–Crippen LogP) is 4.23. The van der Waals surface area contributed by atoms with Gasteiger partial charge >= 0.3 is 5.97 Å². The Morgan fingerprint density at radius 3 is 2.61 bits per heavy atom. The molecule has 3 nitrogen and oxygen atoms in total. The van der Waals surface area contributed by atoms with Gasteiger partial charge in [0.1, 0.15) is 6.10 Å². The molecule has 0 aromatic heterocycles. The van der Waals surface area contributed by atoms with E-state index in [1.54, 1.807) is 0 Å². The Morgan fingerprint density at radius 1 is 1.26 bits per heavy atom. The molecule has 0 heterocycles. The van der Waals surface area contributed by atoms with Crippen molar-refractivity contribution in [2.24, 2.45) is 22.7 Å². The summed E-state index contributed by atoms with van der Waals surface area (Å²) in [5.41, 5.74) is 1.74. The molecule has 3 rings (SSSR count). The van der Waals surface area contributed by atoms with Gasteiger partial charge in [-0.2, -0.15) is 0 Å². The van der Waals surface area contributed by atoms with Crippen LogP contribution in [0.2, 0.25) is 0 Å². The lowest BCUT2D eigenvalue weighted by molar-refractivity contribution is -0.182. The summed E-state index contributed by atoms with van der Waals surface area (Å²) in [6.07, 6.45) is 7.98. The van der Waals surface area contributed by atoms with Crippen LogP contribution in [0.5, 0.6) is 0 Å². The first kappa shape index (κ1) is 16.5. The van der Waals surface area contributed by atoms with Crippen LogP contribution in [0.4, 0.5) is 0 Å². The molecule has 0 saturated heterocycles. The van der Waals surface area contributed by atoms with Gasteiger partial charge in [0.25, 0.3) is 0 Å². The first-order chi connectivity index (χ1) is 10.7. The van der Waals surface area contributed by atoms with Crippen LogP contribution < -0.4 is 0 Å². The zero-order valence-corrected chi connectivity index (χ0v) is 14.9. The van der Waals surface area contributed by atoms with Crippen molar-refractivity contribution in [1.82, 2.24) is 0 Å². The van der Waals surface area contributed by atoms with Crippen LogP contribution in [0.3, 0.4) is 0 Å². The summed E-state index contributed by atoms with van der Waals surface area (Å²) in [6.45, 7) is 9.93. The fourth-order valence-corrected chi connectivity index (χ4v) is 5.69. The average Bonchev–Trinajstić information content (AvgIpc) is 2.46. The number of hydrogen-bond donors (Lipinski definition) is 0. The van der Waals surface area contributed by atoms with E-state index in [1.165, 1.54) is 12.5 Å². The highest BCUT2D eigenvalue weighted by atomic mass is 16.5. The van der Waals surface area contributed by atoms with Gasteiger partial charge in [-0.3, -0.25) is 9.59 Å². The fraction of sp³-hybridized carbons (Fsp3) is 0.700. The van der Waals surface area contributed by atoms with Crippen molar-refractivity contribution in [1.29, 1.82) is 0 Å². The van der Waals surface area contributed by atoms with Crippen molar-refractivity contribution >= 4 is 11.8 Å². The third kappa shape index (κ3) is 2.23. The summed E-state index contributed by atoms with van der Waals surface area (Å²) in [6, 6.07) is 0. The molecule has 0 aromatic carbocycles. The smallest absolute Gasteiger partial charge is 0.302 e. The Morgan fingerprint density at radius 2 is 1.96 bits per heavy atom. The van der Waals surface area contributed by atoms with Gasteiger partial charge in [0, 0.05) is 6.92 Å². The minimum absolute atomic E-state index is 0.108. The van der Waals surface area contributed by atoms with E-state index in [0.717, 1.165) is 31.3 Å². The third-order valence-electron chi connectivity index (χ3n) is 6.95. The Balaban J connectivity index is 2.12. The van der Waals surface area contributed by atoms with Crippen LogP contribution in [0.15, 0.2) is 23.3 Å². The van der Waals surface area contributed by atoms with Crippen molar-refractivity contribution in [2.75, 3.05) is 0 Å². The first-order valence-corrected chi connectivity index (χ1v) is 8.76. The molecule has 5 atom stereocenters. The SMILES string of the molecule is CC(=O)O[C@H]1C[C@H]2C(C)=CCC[C@]2(C)[C@H]2CC=C(C)C(=O)[C@]12C. The summed E-state index contributed by atoms with van der Waals surface area (Å²) in [7, 11) is 0. The number of Topliss-reactive ketones (excluding diaryl/α,β-unsaturated/α-hetero) is 1. The van der Waals surface area contributed by atoms with Crippen LogP contribution in [0.25, 0.3) is 0 Å². The molecular weight excluding hydrogens is 288 g/mol. The summed E-state index contributed by atoms with van der Waals surface area (Å²) in [5.74, 6) is 0.527. The van der Waals surface area contributed by atoms with E-state index in [9.17, 15) is 9.59 Å². The van der Waals surface area contributed by atoms with E-state index in [2.05, 4.69) is 26.0 Å². The monoisotopic (exact) mass is 316 g/mol. The number of rotatable bonds is 1. The van der Waals surface area contributed by atoms with Crippen LogP contribution in [0.1, 0.15) is 60.3 Å². The van der Waals surface area contributed by atoms with Gasteiger partial charge in [0.15, 0.2) is 5.78 Å². The molecule has 0 amide bonds. The molecule has 3 aliphatic rings. The molecular formula is C20H28O3.